The second kappa shape index (κ2) is 15.0. The fourth-order valence-electron chi connectivity index (χ4n) is 5.91. The average Bonchev–Trinajstić information content (AvgIpc) is 3.07. The van der Waals surface area contributed by atoms with Crippen LogP contribution in [0.1, 0.15) is 43.1 Å². The zero-order valence-electron chi connectivity index (χ0n) is 26.4. The molecule has 0 spiro atoms. The summed E-state index contributed by atoms with van der Waals surface area (Å²) in [6.07, 6.45) is -11.8. The number of fused-ring (bicyclic) bond motifs is 1. The van der Waals surface area contributed by atoms with Gasteiger partial charge in [-0.3, -0.25) is 0 Å². The summed E-state index contributed by atoms with van der Waals surface area (Å²) in [5.74, 6) is 1.49. The molecule has 0 saturated carbocycles. The third-order valence-corrected chi connectivity index (χ3v) is 8.70. The van der Waals surface area contributed by atoms with Crippen LogP contribution in [0.5, 0.6) is 23.0 Å². The van der Waals surface area contributed by atoms with Crippen LogP contribution in [0.3, 0.4) is 0 Å². The first kappa shape index (κ1) is 35.3. The Morgan fingerprint density at radius 1 is 0.787 bits per heavy atom. The predicted octanol–water partition coefficient (Wildman–Crippen LogP) is -0.372. The molecular formula is C33H44O14. The highest BCUT2D eigenvalue weighted by Crippen LogP contribution is 2.45. The highest BCUT2D eigenvalue weighted by atomic mass is 16.7. The van der Waals surface area contributed by atoms with Crippen molar-refractivity contribution in [2.45, 2.75) is 101 Å². The Labute approximate surface area is 271 Å². The van der Waals surface area contributed by atoms with E-state index in [0.717, 1.165) is 11.1 Å². The summed E-state index contributed by atoms with van der Waals surface area (Å²) in [5, 5.41) is 81.6. The van der Waals surface area contributed by atoms with Crippen molar-refractivity contribution in [3.63, 3.8) is 0 Å². The second-order valence-electron chi connectivity index (χ2n) is 12.2. The van der Waals surface area contributed by atoms with E-state index < -0.39 is 80.7 Å². The second-order valence-corrected chi connectivity index (χ2v) is 12.2. The van der Waals surface area contributed by atoms with Crippen molar-refractivity contribution < 1.29 is 69.3 Å². The molecule has 5 rings (SSSR count). The minimum atomic E-state index is -1.63. The molecule has 47 heavy (non-hydrogen) atoms. The van der Waals surface area contributed by atoms with Gasteiger partial charge in [0.05, 0.1) is 20.3 Å². The van der Waals surface area contributed by atoms with E-state index in [1.165, 1.54) is 7.11 Å². The third kappa shape index (κ3) is 7.37. The molecule has 0 amide bonds. The summed E-state index contributed by atoms with van der Waals surface area (Å²) >= 11 is 0. The van der Waals surface area contributed by atoms with Crippen molar-refractivity contribution >= 4 is 0 Å². The zero-order valence-corrected chi connectivity index (χ0v) is 26.4. The number of aliphatic hydroxyl groups excluding tert-OH is 8. The summed E-state index contributed by atoms with van der Waals surface area (Å²) in [6.45, 7) is 2.68. The van der Waals surface area contributed by atoms with E-state index in [-0.39, 0.29) is 5.75 Å². The molecular weight excluding hydrogens is 620 g/mol. The minimum absolute atomic E-state index is 0.224. The molecule has 2 saturated heterocycles. The van der Waals surface area contributed by atoms with Crippen molar-refractivity contribution in [1.29, 1.82) is 0 Å². The van der Waals surface area contributed by atoms with E-state index >= 15 is 0 Å². The first-order valence-corrected chi connectivity index (χ1v) is 15.5. The summed E-state index contributed by atoms with van der Waals surface area (Å²) in [4.78, 5) is 0. The molecule has 0 radical (unpaired) electrons. The molecule has 8 N–H and O–H groups in total. The highest BCUT2D eigenvalue weighted by Gasteiger charge is 2.46. The van der Waals surface area contributed by atoms with Crippen molar-refractivity contribution in [2.24, 2.45) is 0 Å². The number of benzene rings is 2. The Bertz CT molecular complexity index is 1390. The number of allylic oxidation sites excluding steroid dienone is 2. The molecule has 14 heteroatoms. The fraction of sp³-hybridized carbons (Fsp3) is 0.576. The average molecular weight is 665 g/mol. The van der Waals surface area contributed by atoms with Gasteiger partial charge in [-0.25, -0.2) is 0 Å². The van der Waals surface area contributed by atoms with E-state index in [1.807, 2.05) is 26.0 Å². The largest absolute Gasteiger partial charge is 0.497 e. The van der Waals surface area contributed by atoms with Crippen LogP contribution in [0.25, 0.3) is 0 Å². The molecule has 11 atom stereocenters. The smallest absolute Gasteiger partial charge is 0.229 e. The van der Waals surface area contributed by atoms with Crippen LogP contribution < -0.4 is 18.9 Å². The van der Waals surface area contributed by atoms with Crippen LogP contribution in [0, 0.1) is 0 Å². The van der Waals surface area contributed by atoms with Crippen LogP contribution in [0.2, 0.25) is 0 Å². The predicted molar refractivity (Wildman–Crippen MR) is 163 cm³/mol. The standard InChI is InChI=1S/C33H44O14/c1-15(2)4-8-19-21(44-32-29(40)27(38)25(36)23(13-34)46-32)11-6-16-5-10-20(43-31(16)19)18-9-7-17(42-3)12-22(18)45-33-30(41)28(39)26(37)24(14-35)47-33/h4,6-7,9,11-12,20,23-30,32-41H,5,8,10,13-14H2,1-3H3. The lowest BCUT2D eigenvalue weighted by Gasteiger charge is -2.40. The first-order chi connectivity index (χ1) is 22.5. The fourth-order valence-corrected chi connectivity index (χ4v) is 5.91. The van der Waals surface area contributed by atoms with E-state index in [9.17, 15) is 40.9 Å². The van der Waals surface area contributed by atoms with Crippen LogP contribution in [0.15, 0.2) is 42.0 Å². The van der Waals surface area contributed by atoms with Gasteiger partial charge in [0, 0.05) is 17.2 Å². The Morgan fingerprint density at radius 3 is 1.94 bits per heavy atom. The number of hydrogen-bond acceptors (Lipinski definition) is 14. The lowest BCUT2D eigenvalue weighted by molar-refractivity contribution is -0.277. The molecule has 0 aliphatic carbocycles. The maximum Gasteiger partial charge on any atom is 0.229 e. The van der Waals surface area contributed by atoms with Gasteiger partial charge in [-0.1, -0.05) is 17.7 Å². The van der Waals surface area contributed by atoms with Gasteiger partial charge in [-0.15, -0.1) is 0 Å². The Balaban J connectivity index is 1.47. The molecule has 3 aliphatic heterocycles. The molecule has 2 aromatic carbocycles. The monoisotopic (exact) mass is 664 g/mol. The van der Waals surface area contributed by atoms with Crippen LogP contribution in [0.4, 0.5) is 0 Å². The van der Waals surface area contributed by atoms with Crippen molar-refractivity contribution in [3.8, 4) is 23.0 Å². The quantitative estimate of drug-likeness (QED) is 0.152. The molecule has 0 aromatic heterocycles. The number of methoxy groups -OCH3 is 1. The Hall–Kier alpha value is -3.02. The van der Waals surface area contributed by atoms with E-state index in [1.54, 1.807) is 24.3 Å². The molecule has 2 aromatic rings. The Kier molecular flexibility index (Phi) is 11.3. The maximum absolute atomic E-state index is 10.6. The number of hydrogen-bond donors (Lipinski definition) is 8. The summed E-state index contributed by atoms with van der Waals surface area (Å²) in [6, 6.07) is 8.60. The Morgan fingerprint density at radius 2 is 1.38 bits per heavy atom. The van der Waals surface area contributed by atoms with Crippen LogP contribution in [-0.2, 0) is 22.3 Å². The first-order valence-electron chi connectivity index (χ1n) is 15.5. The molecule has 3 aliphatic rings. The number of ether oxygens (including phenoxy) is 6. The maximum atomic E-state index is 10.6. The molecule has 0 bridgehead atoms. The van der Waals surface area contributed by atoms with Gasteiger partial charge in [0.2, 0.25) is 12.6 Å². The zero-order chi connectivity index (χ0) is 34.0. The molecule has 3 heterocycles. The highest BCUT2D eigenvalue weighted by molar-refractivity contribution is 5.53. The number of aliphatic hydroxyl groups is 8. The minimum Gasteiger partial charge on any atom is -0.497 e. The van der Waals surface area contributed by atoms with E-state index in [2.05, 4.69) is 0 Å². The molecule has 260 valence electrons. The number of aryl methyl sites for hydroxylation is 1. The van der Waals surface area contributed by atoms with Gasteiger partial charge in [0.15, 0.2) is 0 Å². The molecule has 2 fully saturated rings. The van der Waals surface area contributed by atoms with Crippen molar-refractivity contribution in [3.05, 3.63) is 58.7 Å². The lowest BCUT2D eigenvalue weighted by Crippen LogP contribution is -2.60. The van der Waals surface area contributed by atoms with Gasteiger partial charge >= 0.3 is 0 Å². The molecule has 11 unspecified atom stereocenters. The van der Waals surface area contributed by atoms with E-state index in [0.29, 0.717) is 47.6 Å². The summed E-state index contributed by atoms with van der Waals surface area (Å²) in [5.41, 5.74) is 3.13. The summed E-state index contributed by atoms with van der Waals surface area (Å²) in [7, 11) is 1.48. The van der Waals surface area contributed by atoms with E-state index in [4.69, 9.17) is 28.4 Å². The number of rotatable bonds is 10. The van der Waals surface area contributed by atoms with Gasteiger partial charge < -0.3 is 69.3 Å². The van der Waals surface area contributed by atoms with Crippen LogP contribution in [-0.4, -0.2) is 123 Å². The van der Waals surface area contributed by atoms with Crippen LogP contribution >= 0.6 is 0 Å². The normalized spacial score (nSPS) is 33.7. The van der Waals surface area contributed by atoms with Gasteiger partial charge in [0.1, 0.15) is 77.9 Å². The van der Waals surface area contributed by atoms with Crippen molar-refractivity contribution in [1.82, 2.24) is 0 Å². The SMILES string of the molecule is COc1ccc(C2CCc3ccc(OC4OC(CO)C(O)C(O)C4O)c(CC=C(C)C)c3O2)c(OC2OC(CO)C(O)C(O)C2O)c1. The lowest BCUT2D eigenvalue weighted by atomic mass is 9.93. The van der Waals surface area contributed by atoms with Gasteiger partial charge in [-0.2, -0.15) is 0 Å². The van der Waals surface area contributed by atoms with Crippen molar-refractivity contribution in [2.75, 3.05) is 20.3 Å². The van der Waals surface area contributed by atoms with Gasteiger partial charge in [0.25, 0.3) is 0 Å². The molecule has 14 nitrogen and oxygen atoms in total. The van der Waals surface area contributed by atoms with Gasteiger partial charge in [-0.05, 0) is 56.9 Å². The summed E-state index contributed by atoms with van der Waals surface area (Å²) < 4.78 is 35.4. The third-order valence-electron chi connectivity index (χ3n) is 8.70. The topological polar surface area (TPSA) is 217 Å².